The fraction of sp³-hybridized carbons (Fsp3) is 0.556. The summed E-state index contributed by atoms with van der Waals surface area (Å²) in [6.07, 6.45) is -4.40. The minimum atomic E-state index is -1.47. The molecule has 1 saturated heterocycles. The van der Waals surface area contributed by atoms with Crippen molar-refractivity contribution in [2.45, 2.75) is 24.5 Å². The van der Waals surface area contributed by atoms with E-state index in [1.54, 1.807) is 0 Å². The van der Waals surface area contributed by atoms with Crippen molar-refractivity contribution >= 4 is 0 Å². The second kappa shape index (κ2) is 4.53. The van der Waals surface area contributed by atoms with Crippen molar-refractivity contribution in [3.63, 3.8) is 0 Å². The number of aromatic hydroxyl groups is 1. The number of aliphatic hydroxyl groups is 3. The van der Waals surface area contributed by atoms with Crippen LogP contribution in [0, 0.1) is 0 Å². The third-order valence-electron chi connectivity index (χ3n) is 2.74. The van der Waals surface area contributed by atoms with Crippen LogP contribution in [0.25, 0.3) is 0 Å². The van der Waals surface area contributed by atoms with E-state index in [9.17, 15) is 24.9 Å². The smallest absolute Gasteiger partial charge is 0.330 e. The molecule has 0 amide bonds. The standard InChI is InChI=1S/C9H12N2O7/c12-2-4-5(14)6(15)8(18-4)11-1-3(13)7(16)10-9(11)17/h1,4-6,8,12-15H,2H2,(H,10,16,17). The molecule has 0 spiro atoms. The Morgan fingerprint density at radius 2 is 2.00 bits per heavy atom. The quantitative estimate of drug-likeness (QED) is 0.377. The molecule has 0 bridgehead atoms. The summed E-state index contributed by atoms with van der Waals surface area (Å²) < 4.78 is 5.81. The fourth-order valence-electron chi connectivity index (χ4n) is 1.77. The lowest BCUT2D eigenvalue weighted by molar-refractivity contribution is -0.0552. The number of hydrogen-bond acceptors (Lipinski definition) is 7. The largest absolute Gasteiger partial charge is 0.502 e. The number of aromatic amines is 1. The molecule has 0 radical (unpaired) electrons. The van der Waals surface area contributed by atoms with Crippen LogP contribution in [-0.4, -0.2) is 54.9 Å². The average molecular weight is 260 g/mol. The van der Waals surface area contributed by atoms with Crippen LogP contribution >= 0.6 is 0 Å². The van der Waals surface area contributed by atoms with Crippen LogP contribution in [0.3, 0.4) is 0 Å². The summed E-state index contributed by atoms with van der Waals surface area (Å²) >= 11 is 0. The highest BCUT2D eigenvalue weighted by molar-refractivity contribution is 5.10. The molecule has 1 aromatic rings. The zero-order valence-electron chi connectivity index (χ0n) is 9.05. The molecular formula is C9H12N2O7. The van der Waals surface area contributed by atoms with Gasteiger partial charge in [-0.3, -0.25) is 14.3 Å². The Morgan fingerprint density at radius 1 is 1.33 bits per heavy atom. The van der Waals surface area contributed by atoms with Crippen LogP contribution in [0.2, 0.25) is 0 Å². The van der Waals surface area contributed by atoms with Gasteiger partial charge in [0.1, 0.15) is 18.3 Å². The number of nitrogens with one attached hydrogen (secondary N) is 1. The molecule has 100 valence electrons. The summed E-state index contributed by atoms with van der Waals surface area (Å²) in [5.74, 6) is -0.729. The van der Waals surface area contributed by atoms with E-state index < -0.39 is 48.1 Å². The summed E-state index contributed by atoms with van der Waals surface area (Å²) in [5.41, 5.74) is -1.88. The van der Waals surface area contributed by atoms with Crippen molar-refractivity contribution in [1.82, 2.24) is 9.55 Å². The Kier molecular flexibility index (Phi) is 3.22. The molecule has 9 nitrogen and oxygen atoms in total. The zero-order chi connectivity index (χ0) is 13.4. The van der Waals surface area contributed by atoms with E-state index in [0.717, 1.165) is 10.8 Å². The van der Waals surface area contributed by atoms with Gasteiger partial charge in [0.05, 0.1) is 12.8 Å². The first kappa shape index (κ1) is 12.8. The summed E-state index contributed by atoms with van der Waals surface area (Å²) in [6, 6.07) is 0. The molecule has 5 N–H and O–H groups in total. The van der Waals surface area contributed by atoms with Gasteiger partial charge in [0.15, 0.2) is 12.0 Å². The van der Waals surface area contributed by atoms with Crippen LogP contribution in [0.1, 0.15) is 6.23 Å². The molecule has 1 aliphatic heterocycles. The highest BCUT2D eigenvalue weighted by Gasteiger charge is 2.43. The Hall–Kier alpha value is -1.68. The van der Waals surface area contributed by atoms with Crippen LogP contribution in [-0.2, 0) is 4.74 Å². The lowest BCUT2D eigenvalue weighted by atomic mass is 10.1. The lowest BCUT2D eigenvalue weighted by Gasteiger charge is -2.16. The maximum atomic E-state index is 11.5. The Bertz CT molecular complexity index is 551. The minimum Gasteiger partial charge on any atom is -0.502 e. The molecular weight excluding hydrogens is 248 g/mol. The van der Waals surface area contributed by atoms with E-state index in [0.29, 0.717) is 0 Å². The number of hydrogen-bond donors (Lipinski definition) is 5. The highest BCUT2D eigenvalue weighted by Crippen LogP contribution is 2.28. The van der Waals surface area contributed by atoms with E-state index in [1.165, 1.54) is 0 Å². The second-order valence-corrected chi connectivity index (χ2v) is 3.91. The number of aromatic nitrogens is 2. The number of ether oxygens (including phenoxy) is 1. The molecule has 4 atom stereocenters. The van der Waals surface area contributed by atoms with Gasteiger partial charge in [-0.1, -0.05) is 0 Å². The minimum absolute atomic E-state index is 0.543. The molecule has 1 aliphatic rings. The third-order valence-corrected chi connectivity index (χ3v) is 2.74. The second-order valence-electron chi connectivity index (χ2n) is 3.91. The summed E-state index contributed by atoms with van der Waals surface area (Å²) in [4.78, 5) is 24.3. The number of aliphatic hydroxyl groups excluding tert-OH is 3. The van der Waals surface area contributed by atoms with Crippen molar-refractivity contribution in [2.75, 3.05) is 6.61 Å². The molecule has 1 fully saturated rings. The molecule has 0 aliphatic carbocycles. The Balaban J connectivity index is 2.42. The van der Waals surface area contributed by atoms with Crippen molar-refractivity contribution < 1.29 is 25.2 Å². The molecule has 9 heteroatoms. The van der Waals surface area contributed by atoms with E-state index in [1.807, 2.05) is 4.98 Å². The fourth-order valence-corrected chi connectivity index (χ4v) is 1.77. The van der Waals surface area contributed by atoms with Gasteiger partial charge in [-0.15, -0.1) is 0 Å². The molecule has 0 saturated carbocycles. The van der Waals surface area contributed by atoms with Gasteiger partial charge in [0.25, 0.3) is 5.56 Å². The van der Waals surface area contributed by atoms with E-state index >= 15 is 0 Å². The van der Waals surface area contributed by atoms with Crippen LogP contribution in [0.15, 0.2) is 15.8 Å². The van der Waals surface area contributed by atoms with E-state index in [2.05, 4.69) is 0 Å². The van der Waals surface area contributed by atoms with Gasteiger partial charge >= 0.3 is 5.69 Å². The molecule has 18 heavy (non-hydrogen) atoms. The van der Waals surface area contributed by atoms with Crippen molar-refractivity contribution in [3.05, 3.63) is 27.0 Å². The number of H-pyrrole nitrogens is 1. The van der Waals surface area contributed by atoms with Gasteiger partial charge in [-0.25, -0.2) is 4.79 Å². The van der Waals surface area contributed by atoms with E-state index in [4.69, 9.17) is 9.84 Å². The average Bonchev–Trinajstić information content (AvgIpc) is 2.61. The first-order valence-electron chi connectivity index (χ1n) is 5.12. The van der Waals surface area contributed by atoms with Crippen LogP contribution < -0.4 is 11.2 Å². The topological polar surface area (TPSA) is 145 Å². The van der Waals surface area contributed by atoms with Crippen LogP contribution in [0.5, 0.6) is 5.75 Å². The maximum Gasteiger partial charge on any atom is 0.330 e. The third kappa shape index (κ3) is 1.93. The summed E-state index contributed by atoms with van der Waals surface area (Å²) in [5, 5.41) is 37.3. The predicted molar refractivity (Wildman–Crippen MR) is 56.0 cm³/mol. The molecule has 0 aromatic carbocycles. The van der Waals surface area contributed by atoms with Gasteiger partial charge in [0.2, 0.25) is 0 Å². The van der Waals surface area contributed by atoms with Crippen molar-refractivity contribution in [1.29, 1.82) is 0 Å². The predicted octanol–water partition coefficient (Wildman–Crippen LogP) is -3.15. The van der Waals surface area contributed by atoms with Crippen molar-refractivity contribution in [3.8, 4) is 5.75 Å². The van der Waals surface area contributed by atoms with Crippen LogP contribution in [0.4, 0.5) is 0 Å². The first-order valence-corrected chi connectivity index (χ1v) is 5.12. The first-order chi connectivity index (χ1) is 8.45. The van der Waals surface area contributed by atoms with E-state index in [-0.39, 0.29) is 0 Å². The Labute approximate surface area is 99.5 Å². The molecule has 2 heterocycles. The van der Waals surface area contributed by atoms with Gasteiger partial charge in [0, 0.05) is 0 Å². The lowest BCUT2D eigenvalue weighted by Crippen LogP contribution is -2.37. The summed E-state index contributed by atoms with van der Waals surface area (Å²) in [6.45, 7) is -0.543. The van der Waals surface area contributed by atoms with Crippen molar-refractivity contribution in [2.24, 2.45) is 0 Å². The highest BCUT2D eigenvalue weighted by atomic mass is 16.6. The number of rotatable bonds is 2. The summed E-state index contributed by atoms with van der Waals surface area (Å²) in [7, 11) is 0. The number of nitrogens with zero attached hydrogens (tertiary/aromatic N) is 1. The zero-order valence-corrected chi connectivity index (χ0v) is 9.05. The monoisotopic (exact) mass is 260 g/mol. The SMILES string of the molecule is O=c1[nH]c(=O)n(C2OC(CO)C(O)C2O)cc1O. The molecule has 4 unspecified atom stereocenters. The Morgan fingerprint density at radius 3 is 2.56 bits per heavy atom. The van der Waals surface area contributed by atoms with Gasteiger partial charge < -0.3 is 25.2 Å². The van der Waals surface area contributed by atoms with Gasteiger partial charge in [-0.05, 0) is 0 Å². The molecule has 2 rings (SSSR count). The normalized spacial score (nSPS) is 31.7. The van der Waals surface area contributed by atoms with Gasteiger partial charge in [-0.2, -0.15) is 0 Å². The maximum absolute atomic E-state index is 11.5. The molecule has 1 aromatic heterocycles.